The lowest BCUT2D eigenvalue weighted by Gasteiger charge is -2.20. The Bertz CT molecular complexity index is 1050. The van der Waals surface area contributed by atoms with Crippen LogP contribution < -0.4 is 15.4 Å². The maximum atomic E-state index is 10.2. The first kappa shape index (κ1) is 22.3. The van der Waals surface area contributed by atoms with E-state index in [4.69, 9.17) is 4.74 Å². The van der Waals surface area contributed by atoms with Crippen LogP contribution in [0.2, 0.25) is 0 Å². The SMILES string of the molecule is COc1cc(O)c(CNc2nc(NC(CO)C(C)C)nc3c2nnn3C(C)C)cc1O. The minimum Gasteiger partial charge on any atom is -0.507 e. The number of hydrogen-bond acceptors (Lipinski definition) is 10. The summed E-state index contributed by atoms with van der Waals surface area (Å²) in [6, 6.07) is 2.57. The lowest BCUT2D eigenvalue weighted by molar-refractivity contribution is 0.248. The quantitative estimate of drug-likeness (QED) is 0.319. The Morgan fingerprint density at radius 2 is 1.84 bits per heavy atom. The van der Waals surface area contributed by atoms with E-state index in [1.807, 2.05) is 27.7 Å². The Morgan fingerprint density at radius 1 is 1.10 bits per heavy atom. The van der Waals surface area contributed by atoms with Crippen LogP contribution in [0.3, 0.4) is 0 Å². The summed E-state index contributed by atoms with van der Waals surface area (Å²) in [5.74, 6) is 0.967. The van der Waals surface area contributed by atoms with Gasteiger partial charge in [0, 0.05) is 18.2 Å². The number of nitrogens with zero attached hydrogens (tertiary/aromatic N) is 5. The van der Waals surface area contributed by atoms with Crippen LogP contribution in [0.25, 0.3) is 11.2 Å². The Balaban J connectivity index is 1.97. The molecular weight excluding hydrogens is 402 g/mol. The van der Waals surface area contributed by atoms with Crippen molar-refractivity contribution in [3.05, 3.63) is 17.7 Å². The molecule has 0 bridgehead atoms. The van der Waals surface area contributed by atoms with Crippen molar-refractivity contribution in [1.29, 1.82) is 0 Å². The highest BCUT2D eigenvalue weighted by Crippen LogP contribution is 2.33. The van der Waals surface area contributed by atoms with E-state index in [9.17, 15) is 15.3 Å². The molecule has 1 unspecified atom stereocenters. The lowest BCUT2D eigenvalue weighted by Crippen LogP contribution is -2.30. The third kappa shape index (κ3) is 4.71. The van der Waals surface area contributed by atoms with Gasteiger partial charge in [-0.1, -0.05) is 19.1 Å². The molecule has 0 spiro atoms. The van der Waals surface area contributed by atoms with Crippen molar-refractivity contribution in [3.8, 4) is 17.2 Å². The normalized spacial score (nSPS) is 12.5. The Labute approximate surface area is 180 Å². The minimum atomic E-state index is -0.226. The van der Waals surface area contributed by atoms with Crippen LogP contribution in [0.5, 0.6) is 17.2 Å². The smallest absolute Gasteiger partial charge is 0.227 e. The van der Waals surface area contributed by atoms with E-state index in [0.29, 0.717) is 28.5 Å². The molecule has 5 N–H and O–H groups in total. The van der Waals surface area contributed by atoms with Crippen molar-refractivity contribution >= 4 is 22.9 Å². The predicted octanol–water partition coefficient (Wildman–Crippen LogP) is 2.26. The van der Waals surface area contributed by atoms with Gasteiger partial charge in [-0.05, 0) is 25.8 Å². The van der Waals surface area contributed by atoms with Crippen molar-refractivity contribution in [2.45, 2.75) is 46.3 Å². The average molecular weight is 431 g/mol. The number of anilines is 2. The van der Waals surface area contributed by atoms with Gasteiger partial charge in [0.2, 0.25) is 5.95 Å². The molecule has 0 saturated heterocycles. The zero-order valence-electron chi connectivity index (χ0n) is 18.3. The zero-order chi connectivity index (χ0) is 22.7. The van der Waals surface area contributed by atoms with E-state index in [0.717, 1.165) is 0 Å². The van der Waals surface area contributed by atoms with Crippen LogP contribution in [0, 0.1) is 5.92 Å². The first-order chi connectivity index (χ1) is 14.7. The van der Waals surface area contributed by atoms with Gasteiger partial charge in [-0.15, -0.1) is 5.10 Å². The van der Waals surface area contributed by atoms with E-state index >= 15 is 0 Å². The van der Waals surface area contributed by atoms with E-state index < -0.39 is 0 Å². The average Bonchev–Trinajstić information content (AvgIpc) is 3.16. The molecule has 168 valence electrons. The maximum absolute atomic E-state index is 10.2. The number of phenols is 2. The molecule has 31 heavy (non-hydrogen) atoms. The topological polar surface area (TPSA) is 150 Å². The van der Waals surface area contributed by atoms with Gasteiger partial charge in [-0.2, -0.15) is 9.97 Å². The van der Waals surface area contributed by atoms with Gasteiger partial charge in [-0.25, -0.2) is 4.68 Å². The molecular formula is C20H29N7O4. The standard InChI is InChI=1S/C20H29N7O4/c1-10(2)13(9-28)22-20-23-18(17-19(24-20)27(11(3)4)26-25-17)21-8-12-6-15(30)16(31-5)7-14(12)29/h6-7,10-11,13,28-30H,8-9H2,1-5H3,(H2,21,22,23,24). The highest BCUT2D eigenvalue weighted by Gasteiger charge is 2.20. The number of ether oxygens (including phenoxy) is 1. The number of aliphatic hydroxyl groups excluding tert-OH is 1. The number of benzene rings is 1. The molecule has 0 aliphatic rings. The molecule has 0 aliphatic carbocycles. The van der Waals surface area contributed by atoms with Gasteiger partial charge in [0.1, 0.15) is 5.75 Å². The summed E-state index contributed by atoms with van der Waals surface area (Å²) in [5.41, 5.74) is 1.46. The summed E-state index contributed by atoms with van der Waals surface area (Å²) >= 11 is 0. The molecule has 3 aromatic rings. The summed E-state index contributed by atoms with van der Waals surface area (Å²) in [5, 5.41) is 44.6. The number of fused-ring (bicyclic) bond motifs is 1. The van der Waals surface area contributed by atoms with E-state index in [1.54, 1.807) is 4.68 Å². The number of rotatable bonds is 9. The van der Waals surface area contributed by atoms with Gasteiger partial charge in [0.05, 0.1) is 25.8 Å². The fourth-order valence-corrected chi connectivity index (χ4v) is 3.04. The molecule has 11 nitrogen and oxygen atoms in total. The lowest BCUT2D eigenvalue weighted by atomic mass is 10.1. The largest absolute Gasteiger partial charge is 0.507 e. The minimum absolute atomic E-state index is 0.0296. The molecule has 0 fully saturated rings. The Hall–Kier alpha value is -3.34. The van der Waals surface area contributed by atoms with Crippen LogP contribution in [0.1, 0.15) is 39.3 Å². The Kier molecular flexibility index (Phi) is 6.64. The molecule has 0 aliphatic heterocycles. The summed E-state index contributed by atoms with van der Waals surface area (Å²) in [6.45, 7) is 8.02. The van der Waals surface area contributed by atoms with E-state index in [2.05, 4.69) is 30.9 Å². The first-order valence-electron chi connectivity index (χ1n) is 10.1. The van der Waals surface area contributed by atoms with E-state index in [-0.39, 0.29) is 48.4 Å². The number of nitrogens with one attached hydrogen (secondary N) is 2. The first-order valence-corrected chi connectivity index (χ1v) is 10.1. The van der Waals surface area contributed by atoms with Crippen LogP contribution in [0.4, 0.5) is 11.8 Å². The number of aromatic hydroxyl groups is 2. The van der Waals surface area contributed by atoms with Gasteiger partial charge in [-0.3, -0.25) is 0 Å². The van der Waals surface area contributed by atoms with Crippen molar-refractivity contribution in [1.82, 2.24) is 25.0 Å². The number of phenolic OH excluding ortho intramolecular Hbond substituents is 2. The van der Waals surface area contributed by atoms with Crippen molar-refractivity contribution in [2.75, 3.05) is 24.4 Å². The fraction of sp³-hybridized carbons (Fsp3) is 0.500. The maximum Gasteiger partial charge on any atom is 0.227 e. The molecule has 2 aromatic heterocycles. The van der Waals surface area contributed by atoms with Crippen molar-refractivity contribution < 1.29 is 20.1 Å². The van der Waals surface area contributed by atoms with Gasteiger partial charge >= 0.3 is 0 Å². The van der Waals surface area contributed by atoms with Crippen molar-refractivity contribution in [2.24, 2.45) is 5.92 Å². The number of aromatic nitrogens is 5. The van der Waals surface area contributed by atoms with Crippen molar-refractivity contribution in [3.63, 3.8) is 0 Å². The second-order valence-corrected chi connectivity index (χ2v) is 7.88. The molecule has 0 saturated carbocycles. The number of hydrogen-bond donors (Lipinski definition) is 5. The number of methoxy groups -OCH3 is 1. The van der Waals surface area contributed by atoms with E-state index in [1.165, 1.54) is 19.2 Å². The van der Waals surface area contributed by atoms with Crippen LogP contribution >= 0.6 is 0 Å². The number of aliphatic hydroxyl groups is 1. The molecule has 3 rings (SSSR count). The zero-order valence-corrected chi connectivity index (χ0v) is 18.3. The van der Waals surface area contributed by atoms with Gasteiger partial charge in [0.15, 0.2) is 28.5 Å². The van der Waals surface area contributed by atoms with Gasteiger partial charge < -0.3 is 30.7 Å². The third-order valence-corrected chi connectivity index (χ3v) is 4.96. The van der Waals surface area contributed by atoms with Crippen LogP contribution in [0.15, 0.2) is 12.1 Å². The molecule has 0 radical (unpaired) electrons. The monoisotopic (exact) mass is 431 g/mol. The molecule has 1 aromatic carbocycles. The molecule has 0 amide bonds. The highest BCUT2D eigenvalue weighted by molar-refractivity contribution is 5.83. The van der Waals surface area contributed by atoms with Crippen LogP contribution in [-0.2, 0) is 6.54 Å². The second-order valence-electron chi connectivity index (χ2n) is 7.88. The fourth-order valence-electron chi connectivity index (χ4n) is 3.04. The highest BCUT2D eigenvalue weighted by atomic mass is 16.5. The molecule has 2 heterocycles. The Morgan fingerprint density at radius 3 is 2.45 bits per heavy atom. The second kappa shape index (κ2) is 9.21. The third-order valence-electron chi connectivity index (χ3n) is 4.96. The molecule has 11 heteroatoms. The summed E-state index contributed by atoms with van der Waals surface area (Å²) < 4.78 is 6.70. The van der Waals surface area contributed by atoms with Gasteiger partial charge in [0.25, 0.3) is 0 Å². The predicted molar refractivity (Wildman–Crippen MR) is 116 cm³/mol. The molecule has 1 atom stereocenters. The van der Waals surface area contributed by atoms with Crippen LogP contribution in [-0.4, -0.2) is 60.0 Å². The summed E-state index contributed by atoms with van der Waals surface area (Å²) in [6.07, 6.45) is 0. The summed E-state index contributed by atoms with van der Waals surface area (Å²) in [4.78, 5) is 9.07. The summed E-state index contributed by atoms with van der Waals surface area (Å²) in [7, 11) is 1.41.